The second-order valence-corrected chi connectivity index (χ2v) is 7.05. The van der Waals surface area contributed by atoms with Crippen molar-refractivity contribution in [2.24, 2.45) is 0 Å². The molecule has 1 N–H and O–H groups in total. The highest BCUT2D eigenvalue weighted by atomic mass is 15.3. The SMILES string of the molecule is CCNC1CCCCCC1N1CCN(CCN(C)C)CC1. The average Bonchev–Trinajstić information content (AvgIpc) is 2.72. The van der Waals surface area contributed by atoms with Crippen LogP contribution in [0.25, 0.3) is 0 Å². The molecule has 0 aromatic heterocycles. The van der Waals surface area contributed by atoms with E-state index >= 15 is 0 Å². The second kappa shape index (κ2) is 9.09. The number of piperazine rings is 1. The van der Waals surface area contributed by atoms with Crippen LogP contribution in [0.4, 0.5) is 0 Å². The Kier molecular flexibility index (Phi) is 7.44. The molecule has 0 aromatic carbocycles. The minimum atomic E-state index is 0.728. The van der Waals surface area contributed by atoms with Crippen molar-refractivity contribution in [2.45, 2.75) is 51.1 Å². The molecule has 2 unspecified atom stereocenters. The van der Waals surface area contributed by atoms with Gasteiger partial charge in [0.15, 0.2) is 0 Å². The van der Waals surface area contributed by atoms with Gasteiger partial charge in [0.1, 0.15) is 0 Å². The summed E-state index contributed by atoms with van der Waals surface area (Å²) in [5.74, 6) is 0. The molecule has 1 aliphatic carbocycles. The number of hydrogen-bond donors (Lipinski definition) is 1. The van der Waals surface area contributed by atoms with E-state index in [9.17, 15) is 0 Å². The third-order valence-electron chi connectivity index (χ3n) is 5.19. The lowest BCUT2D eigenvalue weighted by Crippen LogP contribution is -2.56. The lowest BCUT2D eigenvalue weighted by atomic mass is 10.00. The molecule has 2 aliphatic rings. The van der Waals surface area contributed by atoms with Crippen molar-refractivity contribution in [1.82, 2.24) is 20.0 Å². The molecule has 0 amide bonds. The highest BCUT2D eigenvalue weighted by molar-refractivity contribution is 4.89. The van der Waals surface area contributed by atoms with Crippen LogP contribution in [-0.2, 0) is 0 Å². The van der Waals surface area contributed by atoms with Gasteiger partial charge in [0.05, 0.1) is 0 Å². The molecule has 2 atom stereocenters. The van der Waals surface area contributed by atoms with Gasteiger partial charge in [0.2, 0.25) is 0 Å². The van der Waals surface area contributed by atoms with Gasteiger partial charge in [0.25, 0.3) is 0 Å². The molecule has 2 rings (SSSR count). The maximum atomic E-state index is 3.76. The molecule has 1 aliphatic heterocycles. The maximum absolute atomic E-state index is 3.76. The summed E-state index contributed by atoms with van der Waals surface area (Å²) in [7, 11) is 4.34. The van der Waals surface area contributed by atoms with E-state index in [1.54, 1.807) is 0 Å². The van der Waals surface area contributed by atoms with Crippen LogP contribution in [0.2, 0.25) is 0 Å². The Balaban J connectivity index is 1.81. The van der Waals surface area contributed by atoms with Crippen molar-refractivity contribution in [1.29, 1.82) is 0 Å². The van der Waals surface area contributed by atoms with Crippen LogP contribution in [0.1, 0.15) is 39.0 Å². The highest BCUT2D eigenvalue weighted by Crippen LogP contribution is 2.23. The van der Waals surface area contributed by atoms with Gasteiger partial charge in [-0.3, -0.25) is 9.80 Å². The Bertz CT molecular complexity index is 274. The van der Waals surface area contributed by atoms with Gasteiger partial charge in [-0.05, 0) is 33.5 Å². The molecule has 1 saturated heterocycles. The van der Waals surface area contributed by atoms with Gasteiger partial charge in [-0.1, -0.05) is 26.2 Å². The van der Waals surface area contributed by atoms with Crippen LogP contribution in [0.5, 0.6) is 0 Å². The van der Waals surface area contributed by atoms with Crippen LogP contribution < -0.4 is 5.32 Å². The number of nitrogens with zero attached hydrogens (tertiary/aromatic N) is 3. The molecular formula is C17H36N4. The van der Waals surface area contributed by atoms with Crippen molar-refractivity contribution in [3.63, 3.8) is 0 Å². The molecule has 1 saturated carbocycles. The maximum Gasteiger partial charge on any atom is 0.0250 e. The Hall–Kier alpha value is -0.160. The quantitative estimate of drug-likeness (QED) is 0.749. The van der Waals surface area contributed by atoms with E-state index in [1.807, 2.05) is 0 Å². The molecular weight excluding hydrogens is 260 g/mol. The number of likely N-dealkylation sites (N-methyl/N-ethyl adjacent to an activating group) is 2. The lowest BCUT2D eigenvalue weighted by molar-refractivity contribution is 0.0720. The summed E-state index contributed by atoms with van der Waals surface area (Å²) in [5, 5.41) is 3.76. The Morgan fingerprint density at radius 3 is 2.38 bits per heavy atom. The van der Waals surface area contributed by atoms with Crippen molar-refractivity contribution < 1.29 is 0 Å². The highest BCUT2D eigenvalue weighted by Gasteiger charge is 2.30. The molecule has 124 valence electrons. The third kappa shape index (κ3) is 5.51. The van der Waals surface area contributed by atoms with E-state index in [0.717, 1.165) is 18.6 Å². The van der Waals surface area contributed by atoms with Crippen molar-refractivity contribution in [3.05, 3.63) is 0 Å². The normalized spacial score (nSPS) is 29.7. The predicted molar refractivity (Wildman–Crippen MR) is 90.9 cm³/mol. The standard InChI is InChI=1S/C17H36N4/c1-4-18-16-8-6-5-7-9-17(16)21-14-12-20(13-15-21)11-10-19(2)3/h16-18H,4-15H2,1-3H3. The summed E-state index contributed by atoms with van der Waals surface area (Å²) in [4.78, 5) is 7.71. The van der Waals surface area contributed by atoms with Crippen LogP contribution in [0, 0.1) is 0 Å². The summed E-state index contributed by atoms with van der Waals surface area (Å²) in [5.41, 5.74) is 0. The fraction of sp³-hybridized carbons (Fsp3) is 1.00. The molecule has 0 bridgehead atoms. The number of hydrogen-bond acceptors (Lipinski definition) is 4. The van der Waals surface area contributed by atoms with Crippen LogP contribution in [0.3, 0.4) is 0 Å². The van der Waals surface area contributed by atoms with Gasteiger partial charge in [-0.15, -0.1) is 0 Å². The second-order valence-electron chi connectivity index (χ2n) is 7.05. The van der Waals surface area contributed by atoms with Crippen molar-refractivity contribution >= 4 is 0 Å². The van der Waals surface area contributed by atoms with E-state index in [-0.39, 0.29) is 0 Å². The summed E-state index contributed by atoms with van der Waals surface area (Å²) >= 11 is 0. The molecule has 2 fully saturated rings. The summed E-state index contributed by atoms with van der Waals surface area (Å²) < 4.78 is 0. The molecule has 4 nitrogen and oxygen atoms in total. The minimum absolute atomic E-state index is 0.728. The minimum Gasteiger partial charge on any atom is -0.313 e. The first-order valence-corrected chi connectivity index (χ1v) is 9.05. The molecule has 4 heteroatoms. The zero-order valence-corrected chi connectivity index (χ0v) is 14.5. The molecule has 0 aromatic rings. The summed E-state index contributed by atoms with van der Waals surface area (Å²) in [6.45, 7) is 10.8. The topological polar surface area (TPSA) is 21.8 Å². The third-order valence-corrected chi connectivity index (χ3v) is 5.19. The Morgan fingerprint density at radius 1 is 1.00 bits per heavy atom. The first kappa shape index (κ1) is 17.2. The zero-order chi connectivity index (χ0) is 15.1. The first-order chi connectivity index (χ1) is 10.2. The van der Waals surface area contributed by atoms with E-state index in [4.69, 9.17) is 0 Å². The largest absolute Gasteiger partial charge is 0.313 e. The van der Waals surface area contributed by atoms with Gasteiger partial charge in [-0.25, -0.2) is 0 Å². The van der Waals surface area contributed by atoms with E-state index in [0.29, 0.717) is 0 Å². The average molecular weight is 297 g/mol. The lowest BCUT2D eigenvalue weighted by Gasteiger charge is -2.42. The zero-order valence-electron chi connectivity index (χ0n) is 14.5. The van der Waals surface area contributed by atoms with E-state index < -0.39 is 0 Å². The fourth-order valence-corrected chi connectivity index (χ4v) is 3.89. The van der Waals surface area contributed by atoms with Crippen molar-refractivity contribution in [3.8, 4) is 0 Å². The smallest absolute Gasteiger partial charge is 0.0250 e. The summed E-state index contributed by atoms with van der Waals surface area (Å²) in [6.07, 6.45) is 7.04. The Labute approximate surface area is 131 Å². The first-order valence-electron chi connectivity index (χ1n) is 9.05. The molecule has 0 spiro atoms. The fourth-order valence-electron chi connectivity index (χ4n) is 3.89. The Morgan fingerprint density at radius 2 is 1.71 bits per heavy atom. The van der Waals surface area contributed by atoms with Crippen molar-refractivity contribution in [2.75, 3.05) is 59.9 Å². The number of rotatable bonds is 6. The van der Waals surface area contributed by atoms with Gasteiger partial charge in [-0.2, -0.15) is 0 Å². The predicted octanol–water partition coefficient (Wildman–Crippen LogP) is 1.48. The van der Waals surface area contributed by atoms with Gasteiger partial charge in [0, 0.05) is 51.4 Å². The molecule has 0 radical (unpaired) electrons. The van der Waals surface area contributed by atoms with Crippen LogP contribution >= 0.6 is 0 Å². The summed E-state index contributed by atoms with van der Waals surface area (Å²) in [6, 6.07) is 1.51. The van der Waals surface area contributed by atoms with Crippen LogP contribution in [-0.4, -0.2) is 86.7 Å². The van der Waals surface area contributed by atoms with Gasteiger partial charge >= 0.3 is 0 Å². The molecule has 21 heavy (non-hydrogen) atoms. The van der Waals surface area contributed by atoms with Crippen LogP contribution in [0.15, 0.2) is 0 Å². The number of nitrogens with one attached hydrogen (secondary N) is 1. The van der Waals surface area contributed by atoms with E-state index in [1.165, 1.54) is 71.4 Å². The monoisotopic (exact) mass is 296 g/mol. The van der Waals surface area contributed by atoms with Gasteiger partial charge < -0.3 is 10.2 Å². The van der Waals surface area contributed by atoms with E-state index in [2.05, 4.69) is 41.0 Å². The molecule has 1 heterocycles.